The van der Waals surface area contributed by atoms with E-state index in [1.54, 1.807) is 18.2 Å². The lowest BCUT2D eigenvalue weighted by Gasteiger charge is -2.14. The third-order valence-electron chi connectivity index (χ3n) is 3.33. The molecular weight excluding hydrogens is 319 g/mol. The number of amides is 1. The molecule has 2 aromatic rings. The van der Waals surface area contributed by atoms with E-state index in [2.05, 4.69) is 29.7 Å². The number of hydrogen-bond acceptors (Lipinski definition) is 2. The Morgan fingerprint density at radius 1 is 1.09 bits per heavy atom. The van der Waals surface area contributed by atoms with Crippen molar-refractivity contribution < 1.29 is 4.79 Å². The number of hydrogen-bond donors (Lipinski definition) is 2. The molecule has 0 unspecified atom stereocenters. The van der Waals surface area contributed by atoms with E-state index in [0.29, 0.717) is 15.7 Å². The van der Waals surface area contributed by atoms with Crippen molar-refractivity contribution in [2.45, 2.75) is 20.8 Å². The van der Waals surface area contributed by atoms with E-state index in [1.807, 2.05) is 13.8 Å². The molecule has 2 rings (SSSR count). The number of carbonyl (C=O) groups is 1. The van der Waals surface area contributed by atoms with Gasteiger partial charge in [0.15, 0.2) is 0 Å². The third kappa shape index (κ3) is 3.93. The summed E-state index contributed by atoms with van der Waals surface area (Å²) in [6.45, 7) is 6.26. The molecule has 0 spiro atoms. The molecule has 0 aliphatic carbocycles. The van der Waals surface area contributed by atoms with Gasteiger partial charge in [0.25, 0.3) is 0 Å². The van der Waals surface area contributed by atoms with E-state index in [9.17, 15) is 4.79 Å². The van der Waals surface area contributed by atoms with Crippen LogP contribution in [0.25, 0.3) is 0 Å². The molecular formula is C17H18Cl2N2O. The Morgan fingerprint density at radius 2 is 1.73 bits per heavy atom. The van der Waals surface area contributed by atoms with Crippen LogP contribution in [0.3, 0.4) is 0 Å². The topological polar surface area (TPSA) is 41.1 Å². The molecule has 0 fully saturated rings. The Bertz CT molecular complexity index is 691. The van der Waals surface area contributed by atoms with Gasteiger partial charge in [-0.15, -0.1) is 0 Å². The van der Waals surface area contributed by atoms with Crippen LogP contribution < -0.4 is 10.6 Å². The largest absolute Gasteiger partial charge is 0.376 e. The van der Waals surface area contributed by atoms with E-state index in [4.69, 9.17) is 23.2 Å². The molecule has 0 saturated heterocycles. The highest BCUT2D eigenvalue weighted by atomic mass is 35.5. The van der Waals surface area contributed by atoms with Crippen LogP contribution in [-0.4, -0.2) is 12.5 Å². The van der Waals surface area contributed by atoms with Gasteiger partial charge in [-0.1, -0.05) is 47.0 Å². The predicted octanol–water partition coefficient (Wildman–Crippen LogP) is 4.97. The van der Waals surface area contributed by atoms with Crippen LogP contribution in [0, 0.1) is 20.8 Å². The maximum atomic E-state index is 12.1. The van der Waals surface area contributed by atoms with Gasteiger partial charge in [-0.25, -0.2) is 0 Å². The van der Waals surface area contributed by atoms with Crippen LogP contribution >= 0.6 is 23.2 Å². The van der Waals surface area contributed by atoms with Gasteiger partial charge in [0.1, 0.15) is 0 Å². The molecule has 2 aromatic carbocycles. The predicted molar refractivity (Wildman–Crippen MR) is 94.2 cm³/mol. The van der Waals surface area contributed by atoms with Gasteiger partial charge < -0.3 is 10.6 Å². The van der Waals surface area contributed by atoms with E-state index in [1.165, 1.54) is 5.56 Å². The Balaban J connectivity index is 2.03. The van der Waals surface area contributed by atoms with Crippen molar-refractivity contribution in [1.29, 1.82) is 0 Å². The summed E-state index contributed by atoms with van der Waals surface area (Å²) in [6, 6.07) is 9.30. The van der Waals surface area contributed by atoms with Crippen molar-refractivity contribution in [3.63, 3.8) is 0 Å². The van der Waals surface area contributed by atoms with Crippen LogP contribution in [0.15, 0.2) is 30.3 Å². The highest BCUT2D eigenvalue weighted by Crippen LogP contribution is 2.29. The summed E-state index contributed by atoms with van der Waals surface area (Å²) in [5, 5.41) is 6.69. The molecule has 0 heterocycles. The second-order valence-corrected chi connectivity index (χ2v) is 6.06. The van der Waals surface area contributed by atoms with Gasteiger partial charge in [0, 0.05) is 5.69 Å². The molecule has 3 nitrogen and oxygen atoms in total. The summed E-state index contributed by atoms with van der Waals surface area (Å²) in [4.78, 5) is 12.1. The summed E-state index contributed by atoms with van der Waals surface area (Å²) >= 11 is 12.0. The molecule has 0 atom stereocenters. The standard InChI is InChI=1S/C17H18Cl2N2O/c1-10-7-11(2)17(12(3)8-10)20-9-15(22)21-14-6-4-5-13(18)16(14)19/h4-8,20H,9H2,1-3H3,(H,21,22). The molecule has 2 N–H and O–H groups in total. The SMILES string of the molecule is Cc1cc(C)c(NCC(=O)Nc2cccc(Cl)c2Cl)c(C)c1. The van der Waals surface area contributed by atoms with Crippen LogP contribution in [0.5, 0.6) is 0 Å². The van der Waals surface area contributed by atoms with E-state index in [-0.39, 0.29) is 12.5 Å². The van der Waals surface area contributed by atoms with Gasteiger partial charge in [-0.05, 0) is 44.0 Å². The van der Waals surface area contributed by atoms with Crippen molar-refractivity contribution in [2.75, 3.05) is 17.2 Å². The number of rotatable bonds is 4. The first-order valence-corrected chi connectivity index (χ1v) is 7.69. The number of benzene rings is 2. The van der Waals surface area contributed by atoms with Gasteiger partial charge in [0.05, 0.1) is 22.3 Å². The Labute approximate surface area is 140 Å². The van der Waals surface area contributed by atoms with E-state index < -0.39 is 0 Å². The second kappa shape index (κ2) is 7.03. The van der Waals surface area contributed by atoms with Gasteiger partial charge in [-0.2, -0.15) is 0 Å². The molecule has 0 aliphatic rings. The lowest BCUT2D eigenvalue weighted by atomic mass is 10.1. The van der Waals surface area contributed by atoms with Crippen LogP contribution in [0.2, 0.25) is 10.0 Å². The minimum Gasteiger partial charge on any atom is -0.376 e. The highest BCUT2D eigenvalue weighted by Gasteiger charge is 2.09. The summed E-state index contributed by atoms with van der Waals surface area (Å²) < 4.78 is 0. The lowest BCUT2D eigenvalue weighted by molar-refractivity contribution is -0.114. The highest BCUT2D eigenvalue weighted by molar-refractivity contribution is 6.44. The number of nitrogens with one attached hydrogen (secondary N) is 2. The van der Waals surface area contributed by atoms with Crippen LogP contribution in [0.1, 0.15) is 16.7 Å². The monoisotopic (exact) mass is 336 g/mol. The van der Waals surface area contributed by atoms with E-state index in [0.717, 1.165) is 16.8 Å². The summed E-state index contributed by atoms with van der Waals surface area (Å²) in [5.41, 5.74) is 4.93. The molecule has 0 aromatic heterocycles. The number of halogens is 2. The van der Waals surface area contributed by atoms with Crippen molar-refractivity contribution in [1.82, 2.24) is 0 Å². The van der Waals surface area contributed by atoms with Crippen molar-refractivity contribution >= 4 is 40.5 Å². The first-order valence-electron chi connectivity index (χ1n) is 6.94. The van der Waals surface area contributed by atoms with Gasteiger partial charge >= 0.3 is 0 Å². The fourth-order valence-corrected chi connectivity index (χ4v) is 2.77. The zero-order chi connectivity index (χ0) is 16.3. The zero-order valence-corrected chi connectivity index (χ0v) is 14.3. The first kappa shape index (κ1) is 16.7. The maximum Gasteiger partial charge on any atom is 0.243 e. The zero-order valence-electron chi connectivity index (χ0n) is 12.8. The molecule has 22 heavy (non-hydrogen) atoms. The molecule has 1 amide bonds. The molecule has 116 valence electrons. The summed E-state index contributed by atoms with van der Waals surface area (Å²) in [5.74, 6) is -0.177. The summed E-state index contributed by atoms with van der Waals surface area (Å²) in [6.07, 6.45) is 0. The smallest absolute Gasteiger partial charge is 0.243 e. The number of aryl methyl sites for hydroxylation is 3. The van der Waals surface area contributed by atoms with E-state index >= 15 is 0 Å². The van der Waals surface area contributed by atoms with Gasteiger partial charge in [-0.3, -0.25) is 4.79 Å². The average Bonchev–Trinajstić information content (AvgIpc) is 2.42. The Kier molecular flexibility index (Phi) is 5.33. The molecule has 0 radical (unpaired) electrons. The minimum atomic E-state index is -0.177. The normalized spacial score (nSPS) is 10.4. The molecule has 0 saturated carbocycles. The third-order valence-corrected chi connectivity index (χ3v) is 4.15. The second-order valence-electron chi connectivity index (χ2n) is 5.28. The average molecular weight is 337 g/mol. The summed E-state index contributed by atoms with van der Waals surface area (Å²) in [7, 11) is 0. The number of anilines is 2. The molecule has 5 heteroatoms. The molecule has 0 bridgehead atoms. The Morgan fingerprint density at radius 3 is 2.36 bits per heavy atom. The van der Waals surface area contributed by atoms with Crippen molar-refractivity contribution in [3.05, 3.63) is 57.1 Å². The lowest BCUT2D eigenvalue weighted by Crippen LogP contribution is -2.22. The fraction of sp³-hybridized carbons (Fsp3) is 0.235. The fourth-order valence-electron chi connectivity index (χ4n) is 2.42. The minimum absolute atomic E-state index is 0.160. The first-order chi connectivity index (χ1) is 10.4. The quantitative estimate of drug-likeness (QED) is 0.827. The maximum absolute atomic E-state index is 12.1. The molecule has 0 aliphatic heterocycles. The Hall–Kier alpha value is -1.71. The van der Waals surface area contributed by atoms with Crippen LogP contribution in [0.4, 0.5) is 11.4 Å². The van der Waals surface area contributed by atoms with Crippen molar-refractivity contribution in [2.24, 2.45) is 0 Å². The van der Waals surface area contributed by atoms with Crippen LogP contribution in [-0.2, 0) is 4.79 Å². The number of carbonyl (C=O) groups excluding carboxylic acids is 1. The van der Waals surface area contributed by atoms with Crippen molar-refractivity contribution in [3.8, 4) is 0 Å². The van der Waals surface area contributed by atoms with Gasteiger partial charge in [0.2, 0.25) is 5.91 Å².